The molecule has 0 fully saturated rings. The van der Waals surface area contributed by atoms with Crippen molar-refractivity contribution in [1.82, 2.24) is 9.38 Å². The lowest BCUT2D eigenvalue weighted by Crippen LogP contribution is -2.14. The summed E-state index contributed by atoms with van der Waals surface area (Å²) in [7, 11) is 1.31. The second-order valence-electron chi connectivity index (χ2n) is 7.22. The van der Waals surface area contributed by atoms with Crippen molar-refractivity contribution in [1.29, 1.82) is 0 Å². The van der Waals surface area contributed by atoms with Crippen LogP contribution >= 0.6 is 11.3 Å². The molecule has 0 aliphatic heterocycles. The predicted molar refractivity (Wildman–Crippen MR) is 118 cm³/mol. The highest BCUT2D eigenvalue weighted by Crippen LogP contribution is 2.41. The highest BCUT2D eigenvalue weighted by Gasteiger charge is 2.26. The number of fused-ring (bicyclic) bond motifs is 1. The summed E-state index contributed by atoms with van der Waals surface area (Å²) in [6.07, 6.45) is 2.68. The Hall–Kier alpha value is -3.52. The lowest BCUT2D eigenvalue weighted by atomic mass is 9.97. The van der Waals surface area contributed by atoms with Gasteiger partial charge in [0.2, 0.25) is 0 Å². The Kier molecular flexibility index (Phi) is 5.32. The van der Waals surface area contributed by atoms with Crippen molar-refractivity contribution in [2.45, 2.75) is 20.8 Å². The van der Waals surface area contributed by atoms with Crippen LogP contribution in [0.2, 0.25) is 0 Å². The van der Waals surface area contributed by atoms with E-state index in [9.17, 15) is 14.0 Å². The van der Waals surface area contributed by atoms with Gasteiger partial charge in [-0.15, -0.1) is 11.3 Å². The normalized spacial score (nSPS) is 11.0. The summed E-state index contributed by atoms with van der Waals surface area (Å²) < 4.78 is 19.9. The number of thiophene rings is 1. The molecule has 1 aromatic carbocycles. The monoisotopic (exact) mass is 437 g/mol. The first-order chi connectivity index (χ1) is 14.8. The number of methoxy groups -OCH3 is 1. The molecule has 1 N–H and O–H groups in total. The van der Waals surface area contributed by atoms with Crippen LogP contribution in [0.15, 0.2) is 42.7 Å². The summed E-state index contributed by atoms with van der Waals surface area (Å²) in [5, 5.41) is 3.16. The molecule has 4 rings (SSSR count). The van der Waals surface area contributed by atoms with Gasteiger partial charge in [-0.1, -0.05) is 18.2 Å². The van der Waals surface area contributed by atoms with Crippen molar-refractivity contribution in [2.75, 3.05) is 12.4 Å². The number of rotatable bonds is 4. The standard InChI is InChI=1S/C23H20FN3O3S/c1-12-5-6-15(9-13(12)2)19-14(3)31-22(20(19)23(29)30-4)26-21(28)17-11-27-10-16(24)7-8-18(27)25-17/h5-11H,1-4H3,(H,26,28). The number of aryl methyl sites for hydroxylation is 3. The zero-order valence-corrected chi connectivity index (χ0v) is 18.3. The molecular formula is C23H20FN3O3S. The summed E-state index contributed by atoms with van der Waals surface area (Å²) in [6.45, 7) is 5.92. The Bertz CT molecular complexity index is 1340. The molecule has 3 aromatic heterocycles. The minimum Gasteiger partial charge on any atom is -0.465 e. The second kappa shape index (κ2) is 7.96. The Morgan fingerprint density at radius 1 is 1.10 bits per heavy atom. The number of ether oxygens (including phenoxy) is 1. The number of pyridine rings is 1. The molecule has 6 nitrogen and oxygen atoms in total. The molecule has 0 saturated heterocycles. The minimum atomic E-state index is -0.537. The van der Waals surface area contributed by atoms with E-state index in [4.69, 9.17) is 4.74 Å². The number of nitrogens with one attached hydrogen (secondary N) is 1. The molecule has 0 saturated carbocycles. The van der Waals surface area contributed by atoms with E-state index in [2.05, 4.69) is 10.3 Å². The predicted octanol–water partition coefficient (Wildman–Crippen LogP) is 5.17. The quantitative estimate of drug-likeness (QED) is 0.447. The Labute approximate surface area is 182 Å². The van der Waals surface area contributed by atoms with Gasteiger partial charge in [-0.05, 0) is 49.6 Å². The molecule has 1 amide bonds. The van der Waals surface area contributed by atoms with E-state index in [0.29, 0.717) is 16.2 Å². The van der Waals surface area contributed by atoms with Crippen LogP contribution in [0.1, 0.15) is 36.9 Å². The van der Waals surface area contributed by atoms with Gasteiger partial charge >= 0.3 is 5.97 Å². The van der Waals surface area contributed by atoms with Crippen LogP contribution in [0.25, 0.3) is 16.8 Å². The lowest BCUT2D eigenvalue weighted by Gasteiger charge is -2.09. The van der Waals surface area contributed by atoms with Crippen molar-refractivity contribution in [2.24, 2.45) is 0 Å². The number of esters is 1. The molecule has 0 aliphatic carbocycles. The zero-order chi connectivity index (χ0) is 22.3. The van der Waals surface area contributed by atoms with E-state index >= 15 is 0 Å². The van der Waals surface area contributed by atoms with E-state index < -0.39 is 17.7 Å². The Balaban J connectivity index is 1.76. The van der Waals surface area contributed by atoms with Gasteiger partial charge in [0, 0.05) is 22.8 Å². The molecule has 0 atom stereocenters. The molecule has 3 heterocycles. The summed E-state index contributed by atoms with van der Waals surface area (Å²) in [5.74, 6) is -1.47. The van der Waals surface area contributed by atoms with Gasteiger partial charge in [0.05, 0.1) is 7.11 Å². The number of nitrogens with zero attached hydrogens (tertiary/aromatic N) is 2. The molecule has 0 bridgehead atoms. The number of benzene rings is 1. The van der Waals surface area contributed by atoms with E-state index in [1.54, 1.807) is 0 Å². The van der Waals surface area contributed by atoms with Crippen LogP contribution in [0.4, 0.5) is 9.39 Å². The van der Waals surface area contributed by atoms with E-state index in [1.165, 1.54) is 47.4 Å². The molecule has 8 heteroatoms. The van der Waals surface area contributed by atoms with Crippen molar-refractivity contribution in [3.8, 4) is 11.1 Å². The van der Waals surface area contributed by atoms with Crippen LogP contribution in [0.3, 0.4) is 0 Å². The van der Waals surface area contributed by atoms with Crippen LogP contribution in [-0.4, -0.2) is 28.4 Å². The second-order valence-corrected chi connectivity index (χ2v) is 8.45. The van der Waals surface area contributed by atoms with Crippen LogP contribution in [0.5, 0.6) is 0 Å². The first kappa shape index (κ1) is 20.7. The Morgan fingerprint density at radius 2 is 1.87 bits per heavy atom. The molecule has 4 aromatic rings. The van der Waals surface area contributed by atoms with Crippen molar-refractivity contribution in [3.63, 3.8) is 0 Å². The maximum Gasteiger partial charge on any atom is 0.341 e. The van der Waals surface area contributed by atoms with Gasteiger partial charge in [0.1, 0.15) is 27.7 Å². The van der Waals surface area contributed by atoms with Crippen LogP contribution in [0, 0.1) is 26.6 Å². The van der Waals surface area contributed by atoms with E-state index in [0.717, 1.165) is 27.1 Å². The zero-order valence-electron chi connectivity index (χ0n) is 17.4. The molecule has 0 spiro atoms. The lowest BCUT2D eigenvalue weighted by molar-refractivity contribution is 0.0603. The van der Waals surface area contributed by atoms with Gasteiger partial charge in [-0.2, -0.15) is 0 Å². The van der Waals surface area contributed by atoms with Crippen LogP contribution in [-0.2, 0) is 4.74 Å². The molecule has 158 valence electrons. The van der Waals surface area contributed by atoms with Gasteiger partial charge in [-0.3, -0.25) is 4.79 Å². The fraction of sp³-hybridized carbons (Fsp3) is 0.174. The summed E-state index contributed by atoms with van der Waals surface area (Å²) in [4.78, 5) is 30.6. The average molecular weight is 437 g/mol. The number of hydrogen-bond acceptors (Lipinski definition) is 5. The third-order valence-electron chi connectivity index (χ3n) is 5.14. The van der Waals surface area contributed by atoms with Crippen LogP contribution < -0.4 is 5.32 Å². The van der Waals surface area contributed by atoms with Crippen molar-refractivity contribution in [3.05, 3.63) is 75.8 Å². The fourth-order valence-corrected chi connectivity index (χ4v) is 4.47. The number of halogens is 1. The van der Waals surface area contributed by atoms with Gasteiger partial charge < -0.3 is 14.5 Å². The maximum absolute atomic E-state index is 13.4. The summed E-state index contributed by atoms with van der Waals surface area (Å²) >= 11 is 1.29. The highest BCUT2D eigenvalue weighted by molar-refractivity contribution is 7.17. The molecular weight excluding hydrogens is 417 g/mol. The number of hydrogen-bond donors (Lipinski definition) is 1. The van der Waals surface area contributed by atoms with Gasteiger partial charge in [0.25, 0.3) is 5.91 Å². The third kappa shape index (κ3) is 3.82. The van der Waals surface area contributed by atoms with E-state index in [1.807, 2.05) is 39.0 Å². The van der Waals surface area contributed by atoms with Gasteiger partial charge in [0.15, 0.2) is 0 Å². The SMILES string of the molecule is COC(=O)c1c(NC(=O)c2cn3cc(F)ccc3n2)sc(C)c1-c1ccc(C)c(C)c1. The molecule has 0 unspecified atom stereocenters. The number of imidazole rings is 1. The smallest absolute Gasteiger partial charge is 0.341 e. The number of carbonyl (C=O) groups excluding carboxylic acids is 2. The Morgan fingerprint density at radius 3 is 2.58 bits per heavy atom. The molecule has 0 radical (unpaired) electrons. The average Bonchev–Trinajstić information content (AvgIpc) is 3.30. The largest absolute Gasteiger partial charge is 0.465 e. The topological polar surface area (TPSA) is 72.7 Å². The summed E-state index contributed by atoms with van der Waals surface area (Å²) in [5.41, 5.74) is 4.71. The van der Waals surface area contributed by atoms with Crippen molar-refractivity contribution < 1.29 is 18.7 Å². The van der Waals surface area contributed by atoms with E-state index in [-0.39, 0.29) is 5.69 Å². The highest BCUT2D eigenvalue weighted by atomic mass is 32.1. The number of anilines is 1. The number of amides is 1. The van der Waals surface area contributed by atoms with Crippen molar-refractivity contribution >= 4 is 33.9 Å². The van der Waals surface area contributed by atoms with Gasteiger partial charge in [-0.25, -0.2) is 14.2 Å². The molecule has 31 heavy (non-hydrogen) atoms. The first-order valence-corrected chi connectivity index (χ1v) is 10.3. The minimum absolute atomic E-state index is 0.111. The number of carbonyl (C=O) groups is 2. The third-order valence-corrected chi connectivity index (χ3v) is 6.16. The molecule has 0 aliphatic rings. The first-order valence-electron chi connectivity index (χ1n) is 9.53. The summed E-state index contributed by atoms with van der Waals surface area (Å²) in [6, 6.07) is 8.72. The fourth-order valence-electron chi connectivity index (χ4n) is 3.42. The maximum atomic E-state index is 13.4. The number of aromatic nitrogens is 2.